The first-order valence-corrected chi connectivity index (χ1v) is 6.01. The van der Waals surface area contributed by atoms with Gasteiger partial charge in [-0.25, -0.2) is 4.39 Å². The Labute approximate surface area is 105 Å². The van der Waals surface area contributed by atoms with Gasteiger partial charge in [0.05, 0.1) is 12.5 Å². The largest absolute Gasteiger partial charge is 0.381 e. The standard InChI is InChI=1S/C13H16FNO3/c14-12-3-1-2-10(8-12)9-15-18-13(16)11-4-6-17-7-5-11/h1-3,8,11,15H,4-7,9H2. The summed E-state index contributed by atoms with van der Waals surface area (Å²) in [6.07, 6.45) is 1.39. The Hall–Kier alpha value is -1.46. The van der Waals surface area contributed by atoms with Crippen molar-refractivity contribution in [3.63, 3.8) is 0 Å². The van der Waals surface area contributed by atoms with E-state index < -0.39 is 0 Å². The first-order chi connectivity index (χ1) is 8.75. The molecule has 0 unspecified atom stereocenters. The van der Waals surface area contributed by atoms with E-state index in [1.165, 1.54) is 12.1 Å². The highest BCUT2D eigenvalue weighted by Gasteiger charge is 2.23. The topological polar surface area (TPSA) is 47.6 Å². The van der Waals surface area contributed by atoms with E-state index in [1.54, 1.807) is 12.1 Å². The summed E-state index contributed by atoms with van der Waals surface area (Å²) in [7, 11) is 0. The number of rotatable bonds is 4. The fraction of sp³-hybridized carbons (Fsp3) is 0.462. The molecule has 1 aromatic carbocycles. The molecule has 0 bridgehead atoms. The smallest absolute Gasteiger partial charge is 0.327 e. The third-order valence-electron chi connectivity index (χ3n) is 2.89. The van der Waals surface area contributed by atoms with Crippen molar-refractivity contribution in [3.05, 3.63) is 35.6 Å². The number of ether oxygens (including phenoxy) is 1. The van der Waals surface area contributed by atoms with Gasteiger partial charge in [0.15, 0.2) is 0 Å². The van der Waals surface area contributed by atoms with Crippen molar-refractivity contribution in [1.82, 2.24) is 5.48 Å². The molecule has 1 N–H and O–H groups in total. The average molecular weight is 253 g/mol. The normalized spacial score (nSPS) is 16.5. The number of hydrogen-bond acceptors (Lipinski definition) is 4. The van der Waals surface area contributed by atoms with Crippen molar-refractivity contribution >= 4 is 5.97 Å². The Morgan fingerprint density at radius 3 is 2.94 bits per heavy atom. The maximum absolute atomic E-state index is 12.9. The third kappa shape index (κ3) is 3.78. The fourth-order valence-corrected chi connectivity index (χ4v) is 1.85. The first-order valence-electron chi connectivity index (χ1n) is 6.01. The van der Waals surface area contributed by atoms with Crippen molar-refractivity contribution < 1.29 is 18.8 Å². The van der Waals surface area contributed by atoms with Crippen LogP contribution in [0.4, 0.5) is 4.39 Å². The molecule has 1 saturated heterocycles. The van der Waals surface area contributed by atoms with E-state index in [4.69, 9.17) is 9.57 Å². The molecule has 5 heteroatoms. The molecule has 0 atom stereocenters. The van der Waals surface area contributed by atoms with Gasteiger partial charge in [0.2, 0.25) is 0 Å². The summed E-state index contributed by atoms with van der Waals surface area (Å²) < 4.78 is 18.1. The Morgan fingerprint density at radius 2 is 2.22 bits per heavy atom. The predicted molar refractivity (Wildman–Crippen MR) is 62.9 cm³/mol. The summed E-state index contributed by atoms with van der Waals surface area (Å²) >= 11 is 0. The van der Waals surface area contributed by atoms with Gasteiger partial charge < -0.3 is 9.57 Å². The molecule has 1 fully saturated rings. The minimum atomic E-state index is -0.301. The number of nitrogens with one attached hydrogen (secondary N) is 1. The Kier molecular flexibility index (Phi) is 4.66. The van der Waals surface area contributed by atoms with Gasteiger partial charge in [0.1, 0.15) is 5.82 Å². The van der Waals surface area contributed by atoms with Crippen LogP contribution in [0, 0.1) is 11.7 Å². The van der Waals surface area contributed by atoms with Gasteiger partial charge in [0.25, 0.3) is 0 Å². The van der Waals surface area contributed by atoms with Gasteiger partial charge in [-0.05, 0) is 30.5 Å². The van der Waals surface area contributed by atoms with Gasteiger partial charge in [-0.1, -0.05) is 12.1 Å². The zero-order chi connectivity index (χ0) is 12.8. The quantitative estimate of drug-likeness (QED) is 0.831. The van der Waals surface area contributed by atoms with Crippen LogP contribution < -0.4 is 5.48 Å². The van der Waals surface area contributed by atoms with Crippen LogP contribution in [0.15, 0.2) is 24.3 Å². The third-order valence-corrected chi connectivity index (χ3v) is 2.89. The maximum atomic E-state index is 12.9. The minimum absolute atomic E-state index is 0.0984. The lowest BCUT2D eigenvalue weighted by Gasteiger charge is -2.20. The summed E-state index contributed by atoms with van der Waals surface area (Å²) in [4.78, 5) is 16.6. The van der Waals surface area contributed by atoms with Crippen molar-refractivity contribution in [1.29, 1.82) is 0 Å². The average Bonchev–Trinajstić information content (AvgIpc) is 2.40. The van der Waals surface area contributed by atoms with E-state index in [0.29, 0.717) is 32.6 Å². The summed E-state index contributed by atoms with van der Waals surface area (Å²) in [5.41, 5.74) is 3.30. The van der Waals surface area contributed by atoms with Crippen LogP contribution in [0.25, 0.3) is 0 Å². The van der Waals surface area contributed by atoms with Crippen LogP contribution in [0.1, 0.15) is 18.4 Å². The molecule has 1 aliphatic heterocycles. The summed E-state index contributed by atoms with van der Waals surface area (Å²) in [6.45, 7) is 1.50. The minimum Gasteiger partial charge on any atom is -0.381 e. The van der Waals surface area contributed by atoms with Gasteiger partial charge in [0, 0.05) is 13.2 Å². The van der Waals surface area contributed by atoms with Crippen molar-refractivity contribution in [2.75, 3.05) is 13.2 Å². The van der Waals surface area contributed by atoms with Crippen LogP contribution >= 0.6 is 0 Å². The monoisotopic (exact) mass is 253 g/mol. The number of halogens is 1. The van der Waals surface area contributed by atoms with Crippen molar-refractivity contribution in [3.8, 4) is 0 Å². The zero-order valence-corrected chi connectivity index (χ0v) is 10.0. The van der Waals surface area contributed by atoms with E-state index in [2.05, 4.69) is 5.48 Å². The van der Waals surface area contributed by atoms with E-state index in [0.717, 1.165) is 5.56 Å². The molecule has 0 radical (unpaired) electrons. The molecule has 0 spiro atoms. The Balaban J connectivity index is 1.73. The van der Waals surface area contributed by atoms with E-state index >= 15 is 0 Å². The predicted octanol–water partition coefficient (Wildman–Crippen LogP) is 1.80. The molecular formula is C13H16FNO3. The van der Waals surface area contributed by atoms with E-state index in [9.17, 15) is 9.18 Å². The highest BCUT2D eigenvalue weighted by atomic mass is 19.1. The molecule has 4 nitrogen and oxygen atoms in total. The number of hydroxylamine groups is 1. The van der Waals surface area contributed by atoms with E-state index in [-0.39, 0.29) is 17.7 Å². The second-order valence-corrected chi connectivity index (χ2v) is 4.26. The Morgan fingerprint density at radius 1 is 1.44 bits per heavy atom. The molecule has 0 aromatic heterocycles. The van der Waals surface area contributed by atoms with Crippen LogP contribution in [0.5, 0.6) is 0 Å². The second-order valence-electron chi connectivity index (χ2n) is 4.26. The Bertz CT molecular complexity index is 405. The molecule has 98 valence electrons. The lowest BCUT2D eigenvalue weighted by atomic mass is 10.0. The molecule has 18 heavy (non-hydrogen) atoms. The molecule has 1 aliphatic rings. The highest BCUT2D eigenvalue weighted by molar-refractivity contribution is 5.72. The highest BCUT2D eigenvalue weighted by Crippen LogP contribution is 2.15. The molecule has 0 aliphatic carbocycles. The molecule has 2 rings (SSSR count). The maximum Gasteiger partial charge on any atom is 0.327 e. The molecule has 0 saturated carbocycles. The van der Waals surface area contributed by atoms with Gasteiger partial charge in [-0.3, -0.25) is 4.79 Å². The number of hydrogen-bond donors (Lipinski definition) is 1. The number of carbonyl (C=O) groups excluding carboxylic acids is 1. The summed E-state index contributed by atoms with van der Waals surface area (Å²) in [5.74, 6) is -0.668. The van der Waals surface area contributed by atoms with Crippen LogP contribution in [0.3, 0.4) is 0 Å². The first kappa shape index (κ1) is 13.0. The molecule has 1 aromatic rings. The lowest BCUT2D eigenvalue weighted by Crippen LogP contribution is -2.29. The van der Waals surface area contributed by atoms with Gasteiger partial charge in [-0.2, -0.15) is 0 Å². The van der Waals surface area contributed by atoms with Crippen molar-refractivity contribution in [2.24, 2.45) is 5.92 Å². The van der Waals surface area contributed by atoms with Crippen molar-refractivity contribution in [2.45, 2.75) is 19.4 Å². The number of carbonyl (C=O) groups is 1. The molecular weight excluding hydrogens is 237 g/mol. The number of benzene rings is 1. The summed E-state index contributed by atoms with van der Waals surface area (Å²) in [6, 6.07) is 6.15. The fourth-order valence-electron chi connectivity index (χ4n) is 1.85. The van der Waals surface area contributed by atoms with Gasteiger partial charge >= 0.3 is 5.97 Å². The summed E-state index contributed by atoms with van der Waals surface area (Å²) in [5, 5.41) is 0. The molecule has 0 amide bonds. The lowest BCUT2D eigenvalue weighted by molar-refractivity contribution is -0.159. The SMILES string of the molecule is O=C(ONCc1cccc(F)c1)C1CCOCC1. The zero-order valence-electron chi connectivity index (χ0n) is 10.0. The molecule has 1 heterocycles. The second kappa shape index (κ2) is 6.47. The van der Waals surface area contributed by atoms with E-state index in [1.807, 2.05) is 0 Å². The van der Waals surface area contributed by atoms with Gasteiger partial charge in [-0.15, -0.1) is 5.48 Å². The van der Waals surface area contributed by atoms with Crippen LogP contribution in [-0.4, -0.2) is 19.2 Å². The van der Waals surface area contributed by atoms with Crippen LogP contribution in [-0.2, 0) is 20.9 Å². The van der Waals surface area contributed by atoms with Crippen LogP contribution in [0.2, 0.25) is 0 Å².